The third-order valence-electron chi connectivity index (χ3n) is 2.90. The van der Waals surface area contributed by atoms with Crippen molar-refractivity contribution in [3.05, 3.63) is 21.3 Å². The van der Waals surface area contributed by atoms with Crippen molar-refractivity contribution in [3.63, 3.8) is 0 Å². The smallest absolute Gasteiger partial charge is 0.261 e. The highest BCUT2D eigenvalue weighted by Crippen LogP contribution is 2.22. The number of carbonyl (C=O) groups excluding carboxylic acids is 1. The molecule has 0 spiro atoms. The van der Waals surface area contributed by atoms with Crippen LogP contribution in [0.3, 0.4) is 0 Å². The molecular formula is C11H16Cl2N2OS. The van der Waals surface area contributed by atoms with E-state index in [1.807, 2.05) is 0 Å². The van der Waals surface area contributed by atoms with Crippen molar-refractivity contribution in [1.82, 2.24) is 5.32 Å². The van der Waals surface area contributed by atoms with Gasteiger partial charge in [-0.3, -0.25) is 4.79 Å². The molecule has 17 heavy (non-hydrogen) atoms. The second-order valence-electron chi connectivity index (χ2n) is 4.19. The molecule has 2 rings (SSSR count). The van der Waals surface area contributed by atoms with Crippen LogP contribution in [0.25, 0.3) is 0 Å². The largest absolute Gasteiger partial charge is 0.349 e. The van der Waals surface area contributed by atoms with Gasteiger partial charge in [0.15, 0.2) is 0 Å². The molecule has 0 unspecified atom stereocenters. The quantitative estimate of drug-likeness (QED) is 0.881. The highest BCUT2D eigenvalue weighted by molar-refractivity contribution is 7.17. The Hall–Kier alpha value is -0.290. The number of rotatable bonds is 2. The van der Waals surface area contributed by atoms with Crippen LogP contribution in [0.1, 0.15) is 35.4 Å². The van der Waals surface area contributed by atoms with Gasteiger partial charge in [-0.2, -0.15) is 0 Å². The summed E-state index contributed by atoms with van der Waals surface area (Å²) in [6, 6.07) is 4.09. The first kappa shape index (κ1) is 14.8. The first-order valence-electron chi connectivity index (χ1n) is 5.47. The monoisotopic (exact) mass is 294 g/mol. The Morgan fingerprint density at radius 1 is 1.35 bits per heavy atom. The molecule has 1 saturated carbocycles. The summed E-state index contributed by atoms with van der Waals surface area (Å²) >= 11 is 7.10. The number of amides is 1. The Kier molecular flexibility index (Phi) is 5.73. The van der Waals surface area contributed by atoms with E-state index in [1.165, 1.54) is 11.3 Å². The number of nitrogens with two attached hydrogens (primary N) is 1. The molecule has 1 aromatic heterocycles. The fourth-order valence-electron chi connectivity index (χ4n) is 1.96. The van der Waals surface area contributed by atoms with E-state index in [9.17, 15) is 4.79 Å². The van der Waals surface area contributed by atoms with E-state index in [-0.39, 0.29) is 24.4 Å². The summed E-state index contributed by atoms with van der Waals surface area (Å²) in [6.45, 7) is 0. The van der Waals surface area contributed by atoms with E-state index in [2.05, 4.69) is 5.32 Å². The van der Waals surface area contributed by atoms with Crippen LogP contribution in [0, 0.1) is 0 Å². The van der Waals surface area contributed by atoms with Gasteiger partial charge in [0.25, 0.3) is 5.91 Å². The molecule has 1 aromatic rings. The van der Waals surface area contributed by atoms with Crippen LogP contribution in [0.5, 0.6) is 0 Å². The molecular weight excluding hydrogens is 279 g/mol. The first-order chi connectivity index (χ1) is 7.65. The van der Waals surface area contributed by atoms with E-state index < -0.39 is 0 Å². The molecule has 0 aromatic carbocycles. The average Bonchev–Trinajstić information content (AvgIpc) is 2.68. The Bertz CT molecular complexity index is 375. The fraction of sp³-hybridized carbons (Fsp3) is 0.545. The number of hydrogen-bond donors (Lipinski definition) is 2. The molecule has 3 nitrogen and oxygen atoms in total. The van der Waals surface area contributed by atoms with Gasteiger partial charge in [0.05, 0.1) is 9.21 Å². The molecule has 1 heterocycles. The second kappa shape index (κ2) is 6.59. The molecule has 1 aliphatic carbocycles. The van der Waals surface area contributed by atoms with Gasteiger partial charge in [0.2, 0.25) is 0 Å². The molecule has 6 heteroatoms. The third kappa shape index (κ3) is 4.14. The number of thiophene rings is 1. The van der Waals surface area contributed by atoms with Crippen molar-refractivity contribution in [1.29, 1.82) is 0 Å². The normalized spacial score (nSPS) is 23.9. The lowest BCUT2D eigenvalue weighted by molar-refractivity contribution is 0.0930. The highest BCUT2D eigenvalue weighted by atomic mass is 35.5. The third-order valence-corrected chi connectivity index (χ3v) is 4.13. The van der Waals surface area contributed by atoms with Crippen molar-refractivity contribution < 1.29 is 4.79 Å². The van der Waals surface area contributed by atoms with E-state index >= 15 is 0 Å². The van der Waals surface area contributed by atoms with Gasteiger partial charge in [0, 0.05) is 12.1 Å². The summed E-state index contributed by atoms with van der Waals surface area (Å²) < 4.78 is 0.649. The molecule has 1 amide bonds. The molecule has 0 bridgehead atoms. The van der Waals surface area contributed by atoms with Crippen LogP contribution in [0.4, 0.5) is 0 Å². The fourth-order valence-corrected chi connectivity index (χ4v) is 2.90. The van der Waals surface area contributed by atoms with Crippen LogP contribution in [-0.2, 0) is 0 Å². The maximum absolute atomic E-state index is 11.8. The van der Waals surface area contributed by atoms with E-state index in [1.54, 1.807) is 12.1 Å². The SMILES string of the molecule is Cl.NC1CCC(NC(=O)c2ccc(Cl)s2)CC1. The van der Waals surface area contributed by atoms with Crippen molar-refractivity contribution in [3.8, 4) is 0 Å². The highest BCUT2D eigenvalue weighted by Gasteiger charge is 2.20. The summed E-state index contributed by atoms with van der Waals surface area (Å²) in [5.74, 6) is -0.0163. The zero-order valence-corrected chi connectivity index (χ0v) is 11.7. The molecule has 0 aliphatic heterocycles. The average molecular weight is 295 g/mol. The molecule has 0 atom stereocenters. The van der Waals surface area contributed by atoms with Gasteiger partial charge < -0.3 is 11.1 Å². The van der Waals surface area contributed by atoms with Crippen molar-refractivity contribution in [2.24, 2.45) is 5.73 Å². The Labute approximate surface area is 116 Å². The zero-order chi connectivity index (χ0) is 11.5. The van der Waals surface area contributed by atoms with Crippen LogP contribution < -0.4 is 11.1 Å². The lowest BCUT2D eigenvalue weighted by Crippen LogP contribution is -2.40. The van der Waals surface area contributed by atoms with E-state index in [0.717, 1.165) is 25.7 Å². The summed E-state index contributed by atoms with van der Waals surface area (Å²) in [4.78, 5) is 12.5. The molecule has 3 N–H and O–H groups in total. The first-order valence-corrected chi connectivity index (χ1v) is 6.66. The van der Waals surface area contributed by atoms with E-state index in [4.69, 9.17) is 17.3 Å². The lowest BCUT2D eigenvalue weighted by atomic mass is 9.92. The number of nitrogens with one attached hydrogen (secondary N) is 1. The van der Waals surface area contributed by atoms with E-state index in [0.29, 0.717) is 15.3 Å². The number of hydrogen-bond acceptors (Lipinski definition) is 3. The van der Waals surface area contributed by atoms with Crippen LogP contribution in [-0.4, -0.2) is 18.0 Å². The summed E-state index contributed by atoms with van der Waals surface area (Å²) in [7, 11) is 0. The zero-order valence-electron chi connectivity index (χ0n) is 9.32. The lowest BCUT2D eigenvalue weighted by Gasteiger charge is -2.26. The van der Waals surface area contributed by atoms with Crippen LogP contribution >= 0.6 is 35.3 Å². The van der Waals surface area contributed by atoms with Crippen molar-refractivity contribution in [2.45, 2.75) is 37.8 Å². The second-order valence-corrected chi connectivity index (χ2v) is 5.90. The molecule has 0 saturated heterocycles. The molecule has 1 fully saturated rings. The number of carbonyl (C=O) groups is 1. The minimum atomic E-state index is -0.0163. The molecule has 0 radical (unpaired) electrons. The Morgan fingerprint density at radius 2 is 2.00 bits per heavy atom. The number of halogens is 2. The summed E-state index contributed by atoms with van der Waals surface area (Å²) in [6.07, 6.45) is 3.95. The minimum absolute atomic E-state index is 0. The van der Waals surface area contributed by atoms with Crippen LogP contribution in [0.15, 0.2) is 12.1 Å². The van der Waals surface area contributed by atoms with Gasteiger partial charge >= 0.3 is 0 Å². The molecule has 1 aliphatic rings. The van der Waals surface area contributed by atoms with Gasteiger partial charge in [-0.15, -0.1) is 23.7 Å². The Balaban J connectivity index is 0.00000144. The van der Waals surface area contributed by atoms with Gasteiger partial charge in [0.1, 0.15) is 0 Å². The van der Waals surface area contributed by atoms with Crippen LogP contribution in [0.2, 0.25) is 4.34 Å². The standard InChI is InChI=1S/C11H15ClN2OS.ClH/c12-10-6-5-9(16-10)11(15)14-8-3-1-7(13)2-4-8;/h5-8H,1-4,13H2,(H,14,15);1H. The van der Waals surface area contributed by atoms with Crippen molar-refractivity contribution in [2.75, 3.05) is 0 Å². The van der Waals surface area contributed by atoms with Gasteiger partial charge in [-0.25, -0.2) is 0 Å². The maximum Gasteiger partial charge on any atom is 0.261 e. The minimum Gasteiger partial charge on any atom is -0.349 e. The summed E-state index contributed by atoms with van der Waals surface area (Å²) in [5.41, 5.74) is 5.81. The molecule has 96 valence electrons. The van der Waals surface area contributed by atoms with Crippen molar-refractivity contribution >= 4 is 41.3 Å². The summed E-state index contributed by atoms with van der Waals surface area (Å²) in [5, 5.41) is 3.03. The van der Waals surface area contributed by atoms with Gasteiger partial charge in [-0.05, 0) is 37.8 Å². The van der Waals surface area contributed by atoms with Gasteiger partial charge in [-0.1, -0.05) is 11.6 Å². The Morgan fingerprint density at radius 3 is 2.53 bits per heavy atom. The maximum atomic E-state index is 11.8. The predicted molar refractivity (Wildman–Crippen MR) is 74.3 cm³/mol. The topological polar surface area (TPSA) is 55.1 Å². The predicted octanol–water partition coefficient (Wildman–Crippen LogP) is 2.82.